The Balaban J connectivity index is 1.68. The highest BCUT2D eigenvalue weighted by atomic mass is 19.1. The number of aromatic nitrogens is 2. The fourth-order valence-electron chi connectivity index (χ4n) is 2.91. The number of rotatable bonds is 4. The third-order valence-corrected chi connectivity index (χ3v) is 3.98. The second kappa shape index (κ2) is 5.79. The lowest BCUT2D eigenvalue weighted by Crippen LogP contribution is -2.19. The van der Waals surface area contributed by atoms with Gasteiger partial charge >= 0.3 is 0 Å². The third-order valence-electron chi connectivity index (χ3n) is 3.98. The minimum atomic E-state index is -0.332. The summed E-state index contributed by atoms with van der Waals surface area (Å²) >= 11 is 0. The summed E-state index contributed by atoms with van der Waals surface area (Å²) in [5, 5.41) is 0. The van der Waals surface area contributed by atoms with E-state index in [0.717, 1.165) is 18.4 Å². The van der Waals surface area contributed by atoms with Gasteiger partial charge < -0.3 is 15.0 Å². The number of anilines is 1. The largest absolute Gasteiger partial charge is 0.376 e. The molecule has 1 fully saturated rings. The van der Waals surface area contributed by atoms with E-state index in [1.54, 1.807) is 6.07 Å². The van der Waals surface area contributed by atoms with Crippen LogP contribution in [0.2, 0.25) is 0 Å². The van der Waals surface area contributed by atoms with E-state index in [9.17, 15) is 4.39 Å². The van der Waals surface area contributed by atoms with Crippen LogP contribution in [-0.2, 0) is 11.3 Å². The zero-order chi connectivity index (χ0) is 13.9. The molecule has 0 saturated heterocycles. The molecule has 0 radical (unpaired) electrons. The molecule has 0 amide bonds. The van der Waals surface area contributed by atoms with Gasteiger partial charge in [0.25, 0.3) is 0 Å². The van der Waals surface area contributed by atoms with Crippen molar-refractivity contribution >= 4 is 17.0 Å². The number of halogens is 1. The molecule has 0 unspecified atom stereocenters. The molecule has 1 saturated carbocycles. The van der Waals surface area contributed by atoms with Crippen molar-refractivity contribution in [2.45, 2.75) is 44.8 Å². The summed E-state index contributed by atoms with van der Waals surface area (Å²) in [7, 11) is 0. The molecule has 0 spiro atoms. The number of nitrogen functional groups attached to an aromatic ring is 1. The molecule has 1 aromatic heterocycles. The lowest BCUT2D eigenvalue weighted by Gasteiger charge is -2.22. The molecule has 1 aliphatic carbocycles. The molecule has 2 N–H and O–H groups in total. The zero-order valence-corrected chi connectivity index (χ0v) is 11.5. The van der Waals surface area contributed by atoms with Crippen molar-refractivity contribution in [2.75, 3.05) is 12.3 Å². The zero-order valence-electron chi connectivity index (χ0n) is 11.5. The van der Waals surface area contributed by atoms with Crippen molar-refractivity contribution in [3.8, 4) is 0 Å². The van der Waals surface area contributed by atoms with E-state index in [2.05, 4.69) is 4.98 Å². The molecule has 1 heterocycles. The number of hydrogen-bond donors (Lipinski definition) is 1. The summed E-state index contributed by atoms with van der Waals surface area (Å²) in [5.41, 5.74) is 6.94. The van der Waals surface area contributed by atoms with Gasteiger partial charge in [-0.15, -0.1) is 0 Å². The first kappa shape index (κ1) is 13.4. The van der Waals surface area contributed by atoms with Gasteiger partial charge in [0.1, 0.15) is 5.52 Å². The van der Waals surface area contributed by atoms with Crippen LogP contribution in [-0.4, -0.2) is 22.3 Å². The number of hydrogen-bond acceptors (Lipinski definition) is 3. The van der Waals surface area contributed by atoms with Crippen LogP contribution in [0.15, 0.2) is 18.2 Å². The summed E-state index contributed by atoms with van der Waals surface area (Å²) in [6.45, 7) is 1.21. The predicted molar refractivity (Wildman–Crippen MR) is 76.9 cm³/mol. The Morgan fingerprint density at radius 3 is 2.90 bits per heavy atom. The van der Waals surface area contributed by atoms with Gasteiger partial charge in [0.15, 0.2) is 5.82 Å². The van der Waals surface area contributed by atoms with Gasteiger partial charge in [0.05, 0.1) is 18.2 Å². The van der Waals surface area contributed by atoms with E-state index in [0.29, 0.717) is 30.7 Å². The molecule has 0 atom stereocenters. The van der Waals surface area contributed by atoms with Crippen LogP contribution in [0.1, 0.15) is 32.1 Å². The molecule has 3 rings (SSSR count). The first-order chi connectivity index (χ1) is 9.75. The van der Waals surface area contributed by atoms with Crippen LogP contribution in [0.25, 0.3) is 11.0 Å². The standard InChI is InChI=1S/C15H20FN3O/c16-12-7-4-8-13-14(12)18-15(17)19(13)9-10-20-11-5-2-1-3-6-11/h4,7-8,11H,1-3,5-6,9-10H2,(H2,17,18). The molecule has 1 aromatic carbocycles. The summed E-state index contributed by atoms with van der Waals surface area (Å²) in [6, 6.07) is 4.91. The quantitative estimate of drug-likeness (QED) is 0.934. The van der Waals surface area contributed by atoms with E-state index in [1.807, 2.05) is 10.6 Å². The maximum atomic E-state index is 13.6. The average Bonchev–Trinajstić information content (AvgIpc) is 2.78. The fraction of sp³-hybridized carbons (Fsp3) is 0.533. The molecule has 1 aliphatic rings. The number of imidazole rings is 1. The summed E-state index contributed by atoms with van der Waals surface area (Å²) in [5.74, 6) is 0.0125. The topological polar surface area (TPSA) is 53.1 Å². The number of ether oxygens (including phenoxy) is 1. The Hall–Kier alpha value is -1.62. The van der Waals surface area contributed by atoms with E-state index >= 15 is 0 Å². The normalized spacial score (nSPS) is 16.9. The van der Waals surface area contributed by atoms with Crippen LogP contribution < -0.4 is 5.73 Å². The Morgan fingerprint density at radius 2 is 2.10 bits per heavy atom. The highest BCUT2D eigenvalue weighted by Gasteiger charge is 2.15. The SMILES string of the molecule is Nc1nc2c(F)cccc2n1CCOC1CCCCC1. The van der Waals surface area contributed by atoms with Gasteiger partial charge in [-0.3, -0.25) is 0 Å². The van der Waals surface area contributed by atoms with Crippen molar-refractivity contribution in [1.29, 1.82) is 0 Å². The second-order valence-corrected chi connectivity index (χ2v) is 5.36. The van der Waals surface area contributed by atoms with Gasteiger partial charge in [0.2, 0.25) is 5.95 Å². The summed E-state index contributed by atoms with van der Waals surface area (Å²) in [4.78, 5) is 4.09. The molecule has 5 heteroatoms. The van der Waals surface area contributed by atoms with Crippen molar-refractivity contribution in [3.63, 3.8) is 0 Å². The van der Waals surface area contributed by atoms with Crippen molar-refractivity contribution in [2.24, 2.45) is 0 Å². The highest BCUT2D eigenvalue weighted by Crippen LogP contribution is 2.22. The van der Waals surface area contributed by atoms with Crippen molar-refractivity contribution in [1.82, 2.24) is 9.55 Å². The lowest BCUT2D eigenvalue weighted by molar-refractivity contribution is 0.0246. The fourth-order valence-corrected chi connectivity index (χ4v) is 2.91. The monoisotopic (exact) mass is 277 g/mol. The van der Waals surface area contributed by atoms with Gasteiger partial charge in [-0.2, -0.15) is 0 Å². The van der Waals surface area contributed by atoms with Crippen LogP contribution >= 0.6 is 0 Å². The van der Waals surface area contributed by atoms with Gasteiger partial charge in [-0.1, -0.05) is 25.3 Å². The van der Waals surface area contributed by atoms with E-state index in [1.165, 1.54) is 25.3 Å². The first-order valence-electron chi connectivity index (χ1n) is 7.27. The van der Waals surface area contributed by atoms with Crippen molar-refractivity contribution < 1.29 is 9.13 Å². The van der Waals surface area contributed by atoms with Crippen molar-refractivity contribution in [3.05, 3.63) is 24.0 Å². The average molecular weight is 277 g/mol. The third kappa shape index (κ3) is 2.63. The Bertz CT molecular complexity index is 590. The minimum Gasteiger partial charge on any atom is -0.376 e. The van der Waals surface area contributed by atoms with E-state index in [4.69, 9.17) is 10.5 Å². The lowest BCUT2D eigenvalue weighted by atomic mass is 9.98. The number of nitrogens with zero attached hydrogens (tertiary/aromatic N) is 2. The van der Waals surface area contributed by atoms with Crippen LogP contribution in [0.3, 0.4) is 0 Å². The molecular formula is C15H20FN3O. The first-order valence-corrected chi connectivity index (χ1v) is 7.27. The van der Waals surface area contributed by atoms with Crippen LogP contribution in [0.5, 0.6) is 0 Å². The second-order valence-electron chi connectivity index (χ2n) is 5.36. The number of benzene rings is 1. The van der Waals surface area contributed by atoms with Gasteiger partial charge in [0, 0.05) is 6.54 Å². The predicted octanol–water partition coefficient (Wildman–Crippen LogP) is 3.11. The van der Waals surface area contributed by atoms with E-state index in [-0.39, 0.29) is 5.82 Å². The van der Waals surface area contributed by atoms with E-state index < -0.39 is 0 Å². The maximum absolute atomic E-state index is 13.6. The Kier molecular flexibility index (Phi) is 3.87. The Labute approximate surface area is 117 Å². The Morgan fingerprint density at radius 1 is 1.30 bits per heavy atom. The molecule has 0 bridgehead atoms. The highest BCUT2D eigenvalue weighted by molar-refractivity contribution is 5.78. The maximum Gasteiger partial charge on any atom is 0.201 e. The number of nitrogens with two attached hydrogens (primary N) is 1. The molecule has 4 nitrogen and oxygen atoms in total. The number of para-hydroxylation sites is 1. The smallest absolute Gasteiger partial charge is 0.201 e. The van der Waals surface area contributed by atoms with Gasteiger partial charge in [-0.05, 0) is 25.0 Å². The number of fused-ring (bicyclic) bond motifs is 1. The molecule has 0 aliphatic heterocycles. The summed E-state index contributed by atoms with van der Waals surface area (Å²) < 4.78 is 21.3. The minimum absolute atomic E-state index is 0.332. The molecule has 108 valence electrons. The summed E-state index contributed by atoms with van der Waals surface area (Å²) in [6.07, 6.45) is 6.50. The molecule has 2 aromatic rings. The van der Waals surface area contributed by atoms with Crippen LogP contribution in [0, 0.1) is 5.82 Å². The molecular weight excluding hydrogens is 257 g/mol. The van der Waals surface area contributed by atoms with Crippen LogP contribution in [0.4, 0.5) is 10.3 Å². The van der Waals surface area contributed by atoms with Gasteiger partial charge in [-0.25, -0.2) is 9.37 Å². The molecule has 20 heavy (non-hydrogen) atoms.